The Hall–Kier alpha value is -0.740. The Morgan fingerprint density at radius 3 is 2.65 bits per heavy atom. The van der Waals surface area contributed by atoms with Crippen LogP contribution in [0.25, 0.3) is 0 Å². The Morgan fingerprint density at radius 1 is 1.35 bits per heavy atom. The van der Waals surface area contributed by atoms with Crippen molar-refractivity contribution < 1.29 is 17.9 Å². The Kier molecular flexibility index (Phi) is 3.12. The molecule has 1 atom stereocenters. The van der Waals surface area contributed by atoms with Crippen molar-refractivity contribution in [3.05, 3.63) is 34.3 Å². The van der Waals surface area contributed by atoms with Gasteiger partial charge in [0, 0.05) is 12.1 Å². The maximum Gasteiger partial charge on any atom is 0.421 e. The molecule has 1 aliphatic rings. The molecule has 0 bridgehead atoms. The van der Waals surface area contributed by atoms with E-state index in [9.17, 15) is 13.2 Å². The summed E-state index contributed by atoms with van der Waals surface area (Å²) in [6, 6.07) is 4.60. The van der Waals surface area contributed by atoms with Crippen LogP contribution in [0.4, 0.5) is 13.2 Å². The molecule has 0 fully saturated rings. The van der Waals surface area contributed by atoms with Crippen LogP contribution in [0.15, 0.2) is 18.2 Å². The Labute approximate surface area is 103 Å². The van der Waals surface area contributed by atoms with Gasteiger partial charge in [-0.15, -0.1) is 0 Å². The van der Waals surface area contributed by atoms with Crippen LogP contribution in [0.1, 0.15) is 24.0 Å². The first-order chi connectivity index (χ1) is 7.92. The van der Waals surface area contributed by atoms with E-state index >= 15 is 0 Å². The minimum Gasteiger partial charge on any atom is -0.364 e. The Bertz CT molecular complexity index is 430. The number of ether oxygens (including phenoxy) is 1. The molecule has 1 unspecified atom stereocenters. The van der Waals surface area contributed by atoms with Crippen LogP contribution in [0.3, 0.4) is 0 Å². The molecule has 0 amide bonds. The fourth-order valence-electron chi connectivity index (χ4n) is 2.46. The molecule has 17 heavy (non-hydrogen) atoms. The van der Waals surface area contributed by atoms with Gasteiger partial charge in [-0.2, -0.15) is 13.2 Å². The third-order valence-corrected chi connectivity index (χ3v) is 3.67. The molecule has 1 aromatic rings. The van der Waals surface area contributed by atoms with Crippen LogP contribution in [0.2, 0.25) is 5.02 Å². The topological polar surface area (TPSA) is 9.23 Å². The van der Waals surface area contributed by atoms with Gasteiger partial charge in [-0.3, -0.25) is 0 Å². The molecule has 5 heteroatoms. The molecular weight excluding hydrogens is 253 g/mol. The molecule has 0 saturated heterocycles. The number of fused-ring (bicyclic) bond motifs is 1. The molecule has 0 spiro atoms. The molecule has 1 aromatic carbocycles. The highest BCUT2D eigenvalue weighted by Crippen LogP contribution is 2.50. The molecule has 1 aliphatic carbocycles. The molecular formula is C12H12ClF3O. The largest absolute Gasteiger partial charge is 0.421 e. The zero-order chi connectivity index (χ0) is 12.7. The highest BCUT2D eigenvalue weighted by atomic mass is 35.5. The molecule has 0 radical (unpaired) electrons. The molecule has 1 nitrogen and oxygen atoms in total. The second-order valence-electron chi connectivity index (χ2n) is 4.15. The van der Waals surface area contributed by atoms with E-state index in [-0.39, 0.29) is 12.0 Å². The predicted molar refractivity (Wildman–Crippen MR) is 59.1 cm³/mol. The number of hydrogen-bond acceptors (Lipinski definition) is 1. The van der Waals surface area contributed by atoms with E-state index in [0.717, 1.165) is 7.11 Å². The summed E-state index contributed by atoms with van der Waals surface area (Å²) >= 11 is 5.95. The molecule has 2 rings (SSSR count). The second kappa shape index (κ2) is 4.18. The van der Waals surface area contributed by atoms with E-state index in [1.54, 1.807) is 6.07 Å². The van der Waals surface area contributed by atoms with Crippen molar-refractivity contribution in [1.82, 2.24) is 0 Å². The first kappa shape index (κ1) is 12.7. The molecule has 0 N–H and O–H groups in total. The third-order valence-electron chi connectivity index (χ3n) is 3.32. The molecule has 0 aliphatic heterocycles. The smallest absolute Gasteiger partial charge is 0.364 e. The SMILES string of the molecule is COC1(C(F)(F)F)CCCc2c(Cl)cccc21. The van der Waals surface area contributed by atoms with Crippen molar-refractivity contribution in [2.24, 2.45) is 0 Å². The van der Waals surface area contributed by atoms with Crippen LogP contribution >= 0.6 is 11.6 Å². The molecule has 94 valence electrons. The number of benzene rings is 1. The minimum absolute atomic E-state index is 0.0552. The van der Waals surface area contributed by atoms with Crippen LogP contribution in [-0.2, 0) is 16.8 Å². The van der Waals surface area contributed by atoms with Gasteiger partial charge in [-0.1, -0.05) is 23.7 Å². The summed E-state index contributed by atoms with van der Waals surface area (Å²) < 4.78 is 44.6. The van der Waals surface area contributed by atoms with Gasteiger partial charge in [0.1, 0.15) is 0 Å². The van der Waals surface area contributed by atoms with Gasteiger partial charge in [0.2, 0.25) is 0 Å². The number of methoxy groups -OCH3 is 1. The standard InChI is InChI=1S/C12H12ClF3O/c1-17-11(12(14,15)16)7-3-4-8-9(11)5-2-6-10(8)13/h2,5-6H,3-4,7H2,1H3. The number of hydrogen-bond donors (Lipinski definition) is 0. The number of rotatable bonds is 1. The quantitative estimate of drug-likeness (QED) is 0.743. The van der Waals surface area contributed by atoms with Crippen molar-refractivity contribution in [3.8, 4) is 0 Å². The van der Waals surface area contributed by atoms with E-state index in [4.69, 9.17) is 16.3 Å². The van der Waals surface area contributed by atoms with Crippen molar-refractivity contribution in [1.29, 1.82) is 0 Å². The fourth-order valence-corrected chi connectivity index (χ4v) is 2.73. The summed E-state index contributed by atoms with van der Waals surface area (Å²) in [5, 5.41) is 0.382. The first-order valence-corrected chi connectivity index (χ1v) is 5.70. The number of halogens is 4. The molecule has 0 saturated carbocycles. The van der Waals surface area contributed by atoms with Crippen LogP contribution in [-0.4, -0.2) is 13.3 Å². The monoisotopic (exact) mass is 264 g/mol. The lowest BCUT2D eigenvalue weighted by atomic mass is 9.78. The van der Waals surface area contributed by atoms with Gasteiger partial charge in [-0.05, 0) is 36.5 Å². The lowest BCUT2D eigenvalue weighted by Crippen LogP contribution is -2.46. The van der Waals surface area contributed by atoms with E-state index in [1.165, 1.54) is 12.1 Å². The summed E-state index contributed by atoms with van der Waals surface area (Å²) in [6.45, 7) is 0. The maximum atomic E-state index is 13.2. The zero-order valence-electron chi connectivity index (χ0n) is 9.27. The van der Waals surface area contributed by atoms with Crippen molar-refractivity contribution in [3.63, 3.8) is 0 Å². The van der Waals surface area contributed by atoms with Crippen molar-refractivity contribution in [2.75, 3.05) is 7.11 Å². The van der Waals surface area contributed by atoms with Gasteiger partial charge in [0.05, 0.1) is 0 Å². The highest BCUT2D eigenvalue weighted by Gasteiger charge is 2.58. The van der Waals surface area contributed by atoms with E-state index in [2.05, 4.69) is 0 Å². The third kappa shape index (κ3) is 1.83. The lowest BCUT2D eigenvalue weighted by molar-refractivity contribution is -0.281. The predicted octanol–water partition coefficient (Wildman–Crippen LogP) is 4.08. The first-order valence-electron chi connectivity index (χ1n) is 5.32. The van der Waals surface area contributed by atoms with Crippen molar-refractivity contribution in [2.45, 2.75) is 31.0 Å². The van der Waals surface area contributed by atoms with Gasteiger partial charge in [0.25, 0.3) is 0 Å². The summed E-state index contributed by atoms with van der Waals surface area (Å²) in [6.07, 6.45) is -3.50. The van der Waals surface area contributed by atoms with E-state index in [0.29, 0.717) is 23.4 Å². The summed E-state index contributed by atoms with van der Waals surface area (Å²) in [5.74, 6) is 0. The minimum atomic E-state index is -4.43. The number of alkyl halides is 3. The average molecular weight is 265 g/mol. The van der Waals surface area contributed by atoms with Gasteiger partial charge in [0.15, 0.2) is 5.60 Å². The second-order valence-corrected chi connectivity index (χ2v) is 4.56. The molecule has 0 heterocycles. The Morgan fingerprint density at radius 2 is 2.06 bits per heavy atom. The average Bonchev–Trinajstić information content (AvgIpc) is 2.27. The normalized spacial score (nSPS) is 24.5. The van der Waals surface area contributed by atoms with Gasteiger partial charge < -0.3 is 4.74 Å². The van der Waals surface area contributed by atoms with E-state index in [1.807, 2.05) is 0 Å². The van der Waals surface area contributed by atoms with E-state index < -0.39 is 11.8 Å². The summed E-state index contributed by atoms with van der Waals surface area (Å²) in [5.41, 5.74) is -1.49. The van der Waals surface area contributed by atoms with Gasteiger partial charge in [-0.25, -0.2) is 0 Å². The zero-order valence-corrected chi connectivity index (χ0v) is 10.0. The van der Waals surface area contributed by atoms with Crippen LogP contribution in [0.5, 0.6) is 0 Å². The van der Waals surface area contributed by atoms with Crippen LogP contribution in [0, 0.1) is 0 Å². The van der Waals surface area contributed by atoms with Crippen LogP contribution < -0.4 is 0 Å². The molecule has 0 aromatic heterocycles. The fraction of sp³-hybridized carbons (Fsp3) is 0.500. The maximum absolute atomic E-state index is 13.2. The Balaban J connectivity index is 2.64. The summed E-state index contributed by atoms with van der Waals surface area (Å²) in [7, 11) is 1.10. The van der Waals surface area contributed by atoms with Crippen molar-refractivity contribution >= 4 is 11.6 Å². The lowest BCUT2D eigenvalue weighted by Gasteiger charge is -2.39. The highest BCUT2D eigenvalue weighted by molar-refractivity contribution is 6.31. The summed E-state index contributed by atoms with van der Waals surface area (Å²) in [4.78, 5) is 0. The van der Waals surface area contributed by atoms with Gasteiger partial charge >= 0.3 is 6.18 Å².